The van der Waals surface area contributed by atoms with Gasteiger partial charge < -0.3 is 24.0 Å². The van der Waals surface area contributed by atoms with Crippen molar-refractivity contribution in [3.63, 3.8) is 0 Å². The number of aliphatic hydroxyl groups is 1. The van der Waals surface area contributed by atoms with Gasteiger partial charge in [0, 0.05) is 31.7 Å². The van der Waals surface area contributed by atoms with Crippen LogP contribution in [0.15, 0.2) is 66.9 Å². The lowest BCUT2D eigenvalue weighted by molar-refractivity contribution is -0.139. The number of benzene rings is 1. The number of hydrogen-bond donors (Lipinski definition) is 1. The lowest BCUT2D eigenvalue weighted by Crippen LogP contribution is -2.31. The Morgan fingerprint density at radius 2 is 1.95 bits per heavy atom. The molecule has 4 aromatic rings. The van der Waals surface area contributed by atoms with Gasteiger partial charge in [0.1, 0.15) is 11.3 Å². The van der Waals surface area contributed by atoms with E-state index >= 15 is 0 Å². The molecule has 1 aliphatic rings. The summed E-state index contributed by atoms with van der Waals surface area (Å²) in [6, 6.07) is 9.94. The molecular formula is C28H29N5O5. The highest BCUT2D eigenvalue weighted by atomic mass is 16.5. The highest BCUT2D eigenvalue weighted by Crippen LogP contribution is 2.42. The van der Waals surface area contributed by atoms with Crippen molar-refractivity contribution in [2.75, 3.05) is 20.3 Å². The number of amides is 1. The number of fused-ring (bicyclic) bond motifs is 1. The van der Waals surface area contributed by atoms with E-state index in [9.17, 15) is 14.7 Å². The van der Waals surface area contributed by atoms with Gasteiger partial charge in [0.25, 0.3) is 11.7 Å². The molecule has 1 aromatic carbocycles. The Balaban J connectivity index is 1.63. The fourth-order valence-electron chi connectivity index (χ4n) is 4.96. The van der Waals surface area contributed by atoms with E-state index in [4.69, 9.17) is 9.47 Å². The number of hydrogen-bond acceptors (Lipinski definition) is 7. The first-order valence-corrected chi connectivity index (χ1v) is 12.4. The molecule has 4 heterocycles. The van der Waals surface area contributed by atoms with E-state index in [2.05, 4.69) is 9.97 Å². The number of methoxy groups -OCH3 is 1. The van der Waals surface area contributed by atoms with Gasteiger partial charge in [0.05, 0.1) is 37.4 Å². The van der Waals surface area contributed by atoms with Crippen LogP contribution in [-0.4, -0.2) is 60.9 Å². The second-order valence-corrected chi connectivity index (χ2v) is 8.96. The summed E-state index contributed by atoms with van der Waals surface area (Å²) < 4.78 is 14.8. The molecule has 1 amide bonds. The maximum Gasteiger partial charge on any atom is 0.295 e. The molecule has 1 atom stereocenters. The van der Waals surface area contributed by atoms with Crippen LogP contribution in [0.3, 0.4) is 0 Å². The van der Waals surface area contributed by atoms with Gasteiger partial charge in [-0.1, -0.05) is 12.1 Å². The standard InChI is InChI=1S/C28H29N5O5/c1-4-38-20-10-9-19(16-21(20)37-3)25-23(26(34)24-18(2)30-22-8-5-6-13-32(22)24)27(35)28(36)33(25)14-7-12-31-15-11-29-17-31/h5-6,8-11,13,15-17,25,34H,4,7,12,14H2,1-3H3/b26-23+. The number of likely N-dealkylation sites (tertiary alicyclic amines) is 1. The number of rotatable bonds is 9. The van der Waals surface area contributed by atoms with Crippen molar-refractivity contribution in [3.05, 3.63) is 83.8 Å². The second-order valence-electron chi connectivity index (χ2n) is 8.96. The van der Waals surface area contributed by atoms with Gasteiger partial charge in [-0.3, -0.25) is 14.0 Å². The highest BCUT2D eigenvalue weighted by molar-refractivity contribution is 6.46. The predicted molar refractivity (Wildman–Crippen MR) is 140 cm³/mol. The van der Waals surface area contributed by atoms with Crippen LogP contribution in [0.25, 0.3) is 11.4 Å². The minimum absolute atomic E-state index is 0.0117. The van der Waals surface area contributed by atoms with Gasteiger partial charge in [-0.25, -0.2) is 9.97 Å². The molecule has 1 saturated heterocycles. The molecule has 38 heavy (non-hydrogen) atoms. The fourth-order valence-corrected chi connectivity index (χ4v) is 4.96. The van der Waals surface area contributed by atoms with Crippen molar-refractivity contribution in [2.45, 2.75) is 32.9 Å². The monoisotopic (exact) mass is 515 g/mol. The fraction of sp³-hybridized carbons (Fsp3) is 0.286. The van der Waals surface area contributed by atoms with Gasteiger partial charge in [0.2, 0.25) is 0 Å². The molecule has 196 valence electrons. The Bertz CT molecular complexity index is 1520. The Morgan fingerprint density at radius 3 is 2.68 bits per heavy atom. The summed E-state index contributed by atoms with van der Waals surface area (Å²) in [5.74, 6) is -0.656. The molecule has 0 bridgehead atoms. The maximum absolute atomic E-state index is 13.5. The molecule has 1 N–H and O–H groups in total. The lowest BCUT2D eigenvalue weighted by Gasteiger charge is -2.26. The van der Waals surface area contributed by atoms with E-state index in [0.717, 1.165) is 0 Å². The topological polar surface area (TPSA) is 111 Å². The molecule has 10 nitrogen and oxygen atoms in total. The second kappa shape index (κ2) is 10.4. The third kappa shape index (κ3) is 4.38. The smallest absolute Gasteiger partial charge is 0.295 e. The van der Waals surface area contributed by atoms with E-state index in [1.165, 1.54) is 12.0 Å². The quantitative estimate of drug-likeness (QED) is 0.205. The van der Waals surface area contributed by atoms with Crippen LogP contribution in [0.5, 0.6) is 11.5 Å². The highest BCUT2D eigenvalue weighted by Gasteiger charge is 2.46. The summed E-state index contributed by atoms with van der Waals surface area (Å²) in [5.41, 5.74) is 2.18. The Labute approximate surface area is 219 Å². The van der Waals surface area contributed by atoms with Crippen molar-refractivity contribution in [2.24, 2.45) is 0 Å². The third-order valence-electron chi connectivity index (χ3n) is 6.65. The van der Waals surface area contributed by atoms with Crippen molar-refractivity contribution < 1.29 is 24.2 Å². The molecule has 0 saturated carbocycles. The molecule has 0 radical (unpaired) electrons. The maximum atomic E-state index is 13.5. The normalized spacial score (nSPS) is 16.9. The van der Waals surface area contributed by atoms with Crippen molar-refractivity contribution in [3.8, 4) is 11.5 Å². The summed E-state index contributed by atoms with van der Waals surface area (Å²) >= 11 is 0. The zero-order valence-corrected chi connectivity index (χ0v) is 21.5. The molecule has 1 unspecified atom stereocenters. The number of Topliss-reactive ketones (excluding diaryl/α,β-unsaturated/α-hetero) is 1. The van der Waals surface area contributed by atoms with Gasteiger partial charge in [-0.05, 0) is 50.1 Å². The van der Waals surface area contributed by atoms with Crippen molar-refractivity contribution in [1.82, 2.24) is 23.8 Å². The van der Waals surface area contributed by atoms with Crippen LogP contribution in [0.1, 0.15) is 36.3 Å². The van der Waals surface area contributed by atoms with E-state index in [0.29, 0.717) is 60.2 Å². The van der Waals surface area contributed by atoms with Crippen LogP contribution in [0.2, 0.25) is 0 Å². The minimum Gasteiger partial charge on any atom is -0.505 e. The van der Waals surface area contributed by atoms with Gasteiger partial charge in [0.15, 0.2) is 17.3 Å². The average molecular weight is 516 g/mol. The number of carbonyl (C=O) groups excluding carboxylic acids is 2. The summed E-state index contributed by atoms with van der Waals surface area (Å²) in [6.07, 6.45) is 7.59. The number of aromatic nitrogens is 4. The molecule has 1 fully saturated rings. The van der Waals surface area contributed by atoms with E-state index in [-0.39, 0.29) is 11.3 Å². The first-order valence-electron chi connectivity index (χ1n) is 12.4. The minimum atomic E-state index is -0.823. The molecular weight excluding hydrogens is 486 g/mol. The van der Waals surface area contributed by atoms with Crippen molar-refractivity contribution in [1.29, 1.82) is 0 Å². The summed E-state index contributed by atoms with van der Waals surface area (Å²) in [5, 5.41) is 11.6. The van der Waals surface area contributed by atoms with Gasteiger partial charge in [-0.2, -0.15) is 0 Å². The lowest BCUT2D eigenvalue weighted by atomic mass is 9.95. The molecule has 5 rings (SSSR count). The number of ether oxygens (including phenoxy) is 2. The van der Waals surface area contributed by atoms with Crippen LogP contribution in [-0.2, 0) is 16.1 Å². The third-order valence-corrected chi connectivity index (χ3v) is 6.65. The first kappa shape index (κ1) is 25.1. The van der Waals surface area contributed by atoms with Crippen molar-refractivity contribution >= 4 is 23.1 Å². The number of imidazole rings is 2. The summed E-state index contributed by atoms with van der Waals surface area (Å²) in [7, 11) is 1.53. The predicted octanol–water partition coefficient (Wildman–Crippen LogP) is 3.76. The number of ketones is 1. The number of aliphatic hydroxyl groups excluding tert-OH is 1. The summed E-state index contributed by atoms with van der Waals surface area (Å²) in [4.78, 5) is 36.9. The SMILES string of the molecule is CCOc1ccc(C2/C(=C(\O)c3c(C)nc4ccccn34)C(=O)C(=O)N2CCCn2ccnc2)cc1OC. The Hall–Kier alpha value is -4.60. The molecule has 0 aliphatic carbocycles. The number of aryl methyl sites for hydroxylation is 2. The summed E-state index contributed by atoms with van der Waals surface area (Å²) in [6.45, 7) is 5.01. The van der Waals surface area contributed by atoms with E-state index in [1.54, 1.807) is 48.2 Å². The first-order chi connectivity index (χ1) is 18.4. The Kier molecular flexibility index (Phi) is 6.87. The van der Waals surface area contributed by atoms with Gasteiger partial charge in [-0.15, -0.1) is 0 Å². The molecule has 0 spiro atoms. The van der Waals surface area contributed by atoms with Gasteiger partial charge >= 0.3 is 0 Å². The van der Waals surface area contributed by atoms with E-state index < -0.39 is 17.7 Å². The van der Waals surface area contributed by atoms with E-state index in [1.807, 2.05) is 35.9 Å². The largest absolute Gasteiger partial charge is 0.505 e. The number of nitrogens with zero attached hydrogens (tertiary/aromatic N) is 5. The zero-order valence-electron chi connectivity index (χ0n) is 21.5. The number of carbonyl (C=O) groups is 2. The molecule has 1 aliphatic heterocycles. The van der Waals surface area contributed by atoms with Crippen LogP contribution >= 0.6 is 0 Å². The number of pyridine rings is 1. The van der Waals surface area contributed by atoms with Crippen LogP contribution in [0.4, 0.5) is 0 Å². The van der Waals surface area contributed by atoms with Crippen LogP contribution < -0.4 is 9.47 Å². The Morgan fingerprint density at radius 1 is 1.11 bits per heavy atom. The zero-order chi connectivity index (χ0) is 26.8. The molecule has 10 heteroatoms. The average Bonchev–Trinajstić information content (AvgIpc) is 3.62. The van der Waals surface area contributed by atoms with Crippen LogP contribution in [0, 0.1) is 6.92 Å². The molecule has 3 aromatic heterocycles.